The van der Waals surface area contributed by atoms with Gasteiger partial charge in [-0.1, -0.05) is 17.9 Å². The molecule has 0 aliphatic heterocycles. The van der Waals surface area contributed by atoms with Crippen molar-refractivity contribution in [3.05, 3.63) is 34.9 Å². The fraction of sp³-hybridized carbons (Fsp3) is 0.467. The Morgan fingerprint density at radius 2 is 1.76 bits per heavy atom. The normalized spacial score (nSPS) is 11.8. The third-order valence-electron chi connectivity index (χ3n) is 2.25. The fourth-order valence-corrected chi connectivity index (χ4v) is 1.63. The monoisotopic (exact) mass is 232 g/mol. The number of aryl methyl sites for hydroxylation is 2. The number of benzene rings is 1. The molecule has 0 aliphatic rings. The summed E-state index contributed by atoms with van der Waals surface area (Å²) >= 11 is 0. The summed E-state index contributed by atoms with van der Waals surface area (Å²) in [6, 6.07) is 6.29. The molecule has 0 N–H and O–H groups in total. The van der Waals surface area contributed by atoms with E-state index in [2.05, 4.69) is 43.9 Å². The molecular weight excluding hydrogens is 212 g/mol. The zero-order chi connectivity index (χ0) is 12.7. The van der Waals surface area contributed by atoms with Gasteiger partial charge in [0, 0.05) is 12.2 Å². The van der Waals surface area contributed by atoms with Crippen LogP contribution in [0, 0.1) is 25.7 Å². The van der Waals surface area contributed by atoms with Crippen molar-refractivity contribution in [1.82, 2.24) is 0 Å². The van der Waals surface area contributed by atoms with Crippen LogP contribution in [0.15, 0.2) is 18.2 Å². The van der Waals surface area contributed by atoms with Gasteiger partial charge in [0.15, 0.2) is 6.29 Å². The highest BCUT2D eigenvalue weighted by Gasteiger charge is 1.97. The van der Waals surface area contributed by atoms with E-state index in [-0.39, 0.29) is 6.29 Å². The Morgan fingerprint density at radius 3 is 2.35 bits per heavy atom. The van der Waals surface area contributed by atoms with Crippen molar-refractivity contribution in [2.24, 2.45) is 0 Å². The molecule has 0 radical (unpaired) electrons. The minimum Gasteiger partial charge on any atom is -0.353 e. The summed E-state index contributed by atoms with van der Waals surface area (Å²) in [6.07, 6.45) is -0.187. The van der Waals surface area contributed by atoms with Crippen LogP contribution in [0.2, 0.25) is 0 Å². The molecule has 0 aliphatic carbocycles. The second-order valence-electron chi connectivity index (χ2n) is 4.01. The van der Waals surface area contributed by atoms with Gasteiger partial charge < -0.3 is 9.47 Å². The van der Waals surface area contributed by atoms with Crippen LogP contribution in [0.25, 0.3) is 0 Å². The maximum Gasteiger partial charge on any atom is 0.156 e. The molecule has 0 fully saturated rings. The SMILES string of the molecule is CCOC(C)OCC#Cc1cc(C)cc(C)c1. The van der Waals surface area contributed by atoms with Crippen LogP contribution in [-0.4, -0.2) is 19.5 Å². The molecule has 1 aromatic rings. The fourth-order valence-electron chi connectivity index (χ4n) is 1.63. The third-order valence-corrected chi connectivity index (χ3v) is 2.25. The molecule has 1 rings (SSSR count). The minimum absolute atomic E-state index is 0.187. The van der Waals surface area contributed by atoms with Crippen molar-refractivity contribution in [3.8, 4) is 11.8 Å². The summed E-state index contributed by atoms with van der Waals surface area (Å²) in [4.78, 5) is 0. The zero-order valence-corrected chi connectivity index (χ0v) is 11.0. The number of ether oxygens (including phenoxy) is 2. The summed E-state index contributed by atoms with van der Waals surface area (Å²) in [5, 5.41) is 0. The van der Waals surface area contributed by atoms with Crippen molar-refractivity contribution < 1.29 is 9.47 Å². The molecule has 2 heteroatoms. The molecule has 0 saturated heterocycles. The lowest BCUT2D eigenvalue weighted by Gasteiger charge is -2.09. The summed E-state index contributed by atoms with van der Waals surface area (Å²) in [6.45, 7) is 9.03. The summed E-state index contributed by atoms with van der Waals surface area (Å²) in [5.41, 5.74) is 3.51. The van der Waals surface area contributed by atoms with Crippen LogP contribution in [0.3, 0.4) is 0 Å². The second kappa shape index (κ2) is 7.11. The molecule has 0 heterocycles. The lowest BCUT2D eigenvalue weighted by Crippen LogP contribution is -2.12. The molecule has 0 aromatic heterocycles. The zero-order valence-electron chi connectivity index (χ0n) is 11.0. The molecular formula is C15H20O2. The standard InChI is InChI=1S/C15H20O2/c1-5-16-14(4)17-8-6-7-15-10-12(2)9-13(3)11-15/h9-11,14H,5,8H2,1-4H3. The smallest absolute Gasteiger partial charge is 0.156 e. The summed E-state index contributed by atoms with van der Waals surface area (Å²) in [7, 11) is 0. The van der Waals surface area contributed by atoms with Gasteiger partial charge in [-0.05, 0) is 51.0 Å². The Kier molecular flexibility index (Phi) is 5.76. The van der Waals surface area contributed by atoms with Gasteiger partial charge in [-0.3, -0.25) is 0 Å². The van der Waals surface area contributed by atoms with E-state index in [0.29, 0.717) is 13.2 Å². The molecule has 1 unspecified atom stereocenters. The molecule has 1 atom stereocenters. The van der Waals surface area contributed by atoms with Crippen molar-refractivity contribution in [1.29, 1.82) is 0 Å². The average molecular weight is 232 g/mol. The van der Waals surface area contributed by atoms with Gasteiger partial charge in [0.25, 0.3) is 0 Å². The maximum absolute atomic E-state index is 5.37. The minimum atomic E-state index is -0.187. The summed E-state index contributed by atoms with van der Waals surface area (Å²) < 4.78 is 10.6. The van der Waals surface area contributed by atoms with Crippen molar-refractivity contribution in [2.45, 2.75) is 34.0 Å². The molecule has 1 aromatic carbocycles. The predicted molar refractivity (Wildman–Crippen MR) is 69.8 cm³/mol. The van der Waals surface area contributed by atoms with Crippen LogP contribution < -0.4 is 0 Å². The largest absolute Gasteiger partial charge is 0.353 e. The Balaban J connectivity index is 2.48. The van der Waals surface area contributed by atoms with Gasteiger partial charge >= 0.3 is 0 Å². The van der Waals surface area contributed by atoms with Crippen LogP contribution in [0.5, 0.6) is 0 Å². The van der Waals surface area contributed by atoms with E-state index in [4.69, 9.17) is 9.47 Å². The van der Waals surface area contributed by atoms with E-state index >= 15 is 0 Å². The van der Waals surface area contributed by atoms with Gasteiger partial charge in [0.1, 0.15) is 6.61 Å². The number of hydrogen-bond donors (Lipinski definition) is 0. The Hall–Kier alpha value is -1.30. The lowest BCUT2D eigenvalue weighted by molar-refractivity contribution is -0.117. The lowest BCUT2D eigenvalue weighted by atomic mass is 10.1. The third kappa shape index (κ3) is 5.53. The number of hydrogen-bond acceptors (Lipinski definition) is 2. The molecule has 0 saturated carbocycles. The highest BCUT2D eigenvalue weighted by atomic mass is 16.7. The molecule has 92 valence electrons. The van der Waals surface area contributed by atoms with Gasteiger partial charge in [-0.25, -0.2) is 0 Å². The molecule has 0 spiro atoms. The predicted octanol–water partition coefficient (Wildman–Crippen LogP) is 3.05. The van der Waals surface area contributed by atoms with Crippen molar-refractivity contribution in [3.63, 3.8) is 0 Å². The highest BCUT2D eigenvalue weighted by Crippen LogP contribution is 2.07. The van der Waals surface area contributed by atoms with Crippen molar-refractivity contribution in [2.75, 3.05) is 13.2 Å². The van der Waals surface area contributed by atoms with Crippen LogP contribution in [-0.2, 0) is 9.47 Å². The van der Waals surface area contributed by atoms with Crippen molar-refractivity contribution >= 4 is 0 Å². The first kappa shape index (κ1) is 13.8. The van der Waals surface area contributed by atoms with Gasteiger partial charge in [0.05, 0.1) is 0 Å². The molecule has 0 bridgehead atoms. The van der Waals surface area contributed by atoms with E-state index in [1.165, 1.54) is 11.1 Å². The van der Waals surface area contributed by atoms with E-state index in [1.807, 2.05) is 13.8 Å². The Labute approximate surface area is 104 Å². The topological polar surface area (TPSA) is 18.5 Å². The maximum atomic E-state index is 5.37. The number of rotatable bonds is 4. The van der Waals surface area contributed by atoms with E-state index in [1.54, 1.807) is 0 Å². The average Bonchev–Trinajstić information content (AvgIpc) is 2.23. The first-order valence-electron chi connectivity index (χ1n) is 5.92. The first-order chi connectivity index (χ1) is 8.11. The second-order valence-corrected chi connectivity index (χ2v) is 4.01. The quantitative estimate of drug-likeness (QED) is 0.587. The Morgan fingerprint density at radius 1 is 1.12 bits per heavy atom. The Bertz CT molecular complexity index is 392. The molecule has 17 heavy (non-hydrogen) atoms. The van der Waals surface area contributed by atoms with Gasteiger partial charge in [0.2, 0.25) is 0 Å². The highest BCUT2D eigenvalue weighted by molar-refractivity contribution is 5.39. The van der Waals surface area contributed by atoms with E-state index in [0.717, 1.165) is 5.56 Å². The first-order valence-corrected chi connectivity index (χ1v) is 5.92. The summed E-state index contributed by atoms with van der Waals surface area (Å²) in [5.74, 6) is 6.09. The van der Waals surface area contributed by atoms with E-state index < -0.39 is 0 Å². The van der Waals surface area contributed by atoms with E-state index in [9.17, 15) is 0 Å². The van der Waals surface area contributed by atoms with Gasteiger partial charge in [-0.15, -0.1) is 0 Å². The van der Waals surface area contributed by atoms with Crippen LogP contribution in [0.1, 0.15) is 30.5 Å². The van der Waals surface area contributed by atoms with Gasteiger partial charge in [-0.2, -0.15) is 0 Å². The molecule has 2 nitrogen and oxygen atoms in total. The molecule has 0 amide bonds. The van der Waals surface area contributed by atoms with Crippen LogP contribution in [0.4, 0.5) is 0 Å². The van der Waals surface area contributed by atoms with Crippen LogP contribution >= 0.6 is 0 Å².